The second kappa shape index (κ2) is 13.2. The molecule has 2 aromatic carbocycles. The number of hydrogen-bond donors (Lipinski definition) is 3. The van der Waals surface area contributed by atoms with E-state index < -0.39 is 23.9 Å². The van der Waals surface area contributed by atoms with Gasteiger partial charge in [0.15, 0.2) is 0 Å². The third-order valence-electron chi connectivity index (χ3n) is 4.06. The minimum atomic E-state index is -0.731. The molecule has 0 saturated carbocycles. The van der Waals surface area contributed by atoms with Gasteiger partial charge in [0.05, 0.1) is 18.8 Å². The van der Waals surface area contributed by atoms with Gasteiger partial charge >= 0.3 is 6.09 Å². The Morgan fingerprint density at radius 3 is 1.77 bits per heavy atom. The topological polar surface area (TPSA) is 82.0 Å². The predicted octanol–water partition coefficient (Wildman–Crippen LogP) is 5.05. The lowest BCUT2D eigenvalue weighted by Gasteiger charge is -2.26. The van der Waals surface area contributed by atoms with Gasteiger partial charge in [0.1, 0.15) is 5.60 Å². The normalized spacial score (nSPS) is 12.9. The summed E-state index contributed by atoms with van der Waals surface area (Å²) in [6.07, 6.45) is -1.59. The van der Waals surface area contributed by atoms with Crippen LogP contribution in [0.1, 0.15) is 44.1 Å². The van der Waals surface area contributed by atoms with Gasteiger partial charge in [-0.2, -0.15) is 0 Å². The highest BCUT2D eigenvalue weighted by atomic mass is 79.9. The third-order valence-corrected chi connectivity index (χ3v) is 5.12. The fourth-order valence-electron chi connectivity index (χ4n) is 2.46. The number of aliphatic hydroxyl groups is 2. The highest BCUT2D eigenvalue weighted by molar-refractivity contribution is 9.10. The van der Waals surface area contributed by atoms with Crippen LogP contribution < -0.4 is 5.32 Å². The number of carbonyl (C=O) groups is 1. The lowest BCUT2D eigenvalue weighted by molar-refractivity contribution is 0.0205. The van der Waals surface area contributed by atoms with E-state index in [1.807, 2.05) is 76.3 Å². The molecule has 0 fully saturated rings. The van der Waals surface area contributed by atoms with E-state index >= 15 is 0 Å². The molecule has 31 heavy (non-hydrogen) atoms. The lowest BCUT2D eigenvalue weighted by Crippen LogP contribution is -2.36. The Morgan fingerprint density at radius 2 is 1.39 bits per heavy atom. The third kappa shape index (κ3) is 11.1. The second-order valence-corrected chi connectivity index (χ2v) is 9.88. The fourth-order valence-corrected chi connectivity index (χ4v) is 2.99. The molecule has 0 radical (unpaired) electrons. The molecule has 172 valence electrons. The Bertz CT molecular complexity index is 793. The maximum atomic E-state index is 11.8. The number of hydrogen-bond acceptors (Lipinski definition) is 5. The van der Waals surface area contributed by atoms with Crippen molar-refractivity contribution in [2.75, 3.05) is 27.2 Å². The Kier molecular flexibility index (Phi) is 11.7. The monoisotopic (exact) mass is 558 g/mol. The van der Waals surface area contributed by atoms with Gasteiger partial charge in [0.2, 0.25) is 0 Å². The van der Waals surface area contributed by atoms with Crippen LogP contribution >= 0.6 is 31.9 Å². The zero-order valence-electron chi connectivity index (χ0n) is 18.6. The first-order valence-electron chi connectivity index (χ1n) is 9.88. The SMILES string of the molecule is CN(CC(O)c1ccc(Br)cc1)C(=O)OC(C)(C)C.CNCC(O)c1ccc(Br)cc1. The number of benzene rings is 2. The zero-order valence-corrected chi connectivity index (χ0v) is 21.8. The molecular weight excluding hydrogens is 528 g/mol. The van der Waals surface area contributed by atoms with Crippen molar-refractivity contribution in [1.82, 2.24) is 10.2 Å². The molecule has 8 heteroatoms. The van der Waals surface area contributed by atoms with Crippen LogP contribution in [-0.2, 0) is 4.74 Å². The van der Waals surface area contributed by atoms with Gasteiger partial charge in [-0.1, -0.05) is 56.1 Å². The predicted molar refractivity (Wildman–Crippen MR) is 131 cm³/mol. The van der Waals surface area contributed by atoms with Crippen LogP contribution in [0, 0.1) is 0 Å². The molecule has 0 saturated heterocycles. The van der Waals surface area contributed by atoms with E-state index in [1.165, 1.54) is 4.90 Å². The highest BCUT2D eigenvalue weighted by Gasteiger charge is 2.21. The largest absolute Gasteiger partial charge is 0.444 e. The van der Waals surface area contributed by atoms with E-state index in [2.05, 4.69) is 37.2 Å². The molecule has 3 N–H and O–H groups in total. The van der Waals surface area contributed by atoms with Crippen LogP contribution in [0.25, 0.3) is 0 Å². The van der Waals surface area contributed by atoms with Gasteiger partial charge in [-0.25, -0.2) is 4.79 Å². The summed E-state index contributed by atoms with van der Waals surface area (Å²) in [6, 6.07) is 15.0. The van der Waals surface area contributed by atoms with Crippen molar-refractivity contribution >= 4 is 38.0 Å². The van der Waals surface area contributed by atoms with Crippen molar-refractivity contribution in [3.63, 3.8) is 0 Å². The average Bonchev–Trinajstić information content (AvgIpc) is 2.68. The molecular formula is C23H32Br2N2O4. The number of carbonyl (C=O) groups excluding carboxylic acids is 1. The summed E-state index contributed by atoms with van der Waals surface area (Å²) in [5.74, 6) is 0. The molecule has 0 aliphatic rings. The quantitative estimate of drug-likeness (QED) is 0.461. The summed E-state index contributed by atoms with van der Waals surface area (Å²) in [5, 5.41) is 22.5. The molecule has 0 heterocycles. The van der Waals surface area contributed by atoms with Crippen molar-refractivity contribution in [3.05, 3.63) is 68.6 Å². The first-order valence-corrected chi connectivity index (χ1v) is 11.5. The van der Waals surface area contributed by atoms with Crippen molar-refractivity contribution in [2.45, 2.75) is 38.6 Å². The number of nitrogens with zero attached hydrogens (tertiary/aromatic N) is 1. The molecule has 0 aromatic heterocycles. The number of halogens is 2. The summed E-state index contributed by atoms with van der Waals surface area (Å²) in [4.78, 5) is 13.1. The Hall–Kier alpha value is -1.45. The number of ether oxygens (including phenoxy) is 1. The standard InChI is InChI=1S/C14H20BrNO3.C9H12BrNO/c1-14(2,3)19-13(18)16(4)9-12(17)10-5-7-11(15)8-6-10;1-11-6-9(12)7-2-4-8(10)5-3-7/h5-8,12,17H,9H2,1-4H3;2-5,9,11-12H,6H2,1H3. The molecule has 6 nitrogen and oxygen atoms in total. The number of likely N-dealkylation sites (N-methyl/N-ethyl adjacent to an activating group) is 2. The summed E-state index contributed by atoms with van der Waals surface area (Å²) in [7, 11) is 3.43. The minimum absolute atomic E-state index is 0.191. The van der Waals surface area contributed by atoms with E-state index in [1.54, 1.807) is 7.05 Å². The molecule has 2 atom stereocenters. The summed E-state index contributed by atoms with van der Waals surface area (Å²) >= 11 is 6.67. The minimum Gasteiger partial charge on any atom is -0.444 e. The maximum Gasteiger partial charge on any atom is 0.410 e. The van der Waals surface area contributed by atoms with Gasteiger partial charge in [0.25, 0.3) is 0 Å². The number of aliphatic hydroxyl groups excluding tert-OH is 2. The average molecular weight is 560 g/mol. The van der Waals surface area contributed by atoms with Crippen molar-refractivity contribution in [1.29, 1.82) is 0 Å². The van der Waals surface area contributed by atoms with Crippen molar-refractivity contribution in [3.8, 4) is 0 Å². The van der Waals surface area contributed by atoms with Gasteiger partial charge in [-0.05, 0) is 63.2 Å². The van der Waals surface area contributed by atoms with E-state index in [0.29, 0.717) is 6.54 Å². The Labute approximate surface area is 201 Å². The van der Waals surface area contributed by atoms with Crippen LogP contribution in [0.4, 0.5) is 4.79 Å². The Balaban J connectivity index is 0.000000343. The first-order chi connectivity index (χ1) is 14.4. The van der Waals surface area contributed by atoms with Crippen LogP contribution in [0.3, 0.4) is 0 Å². The van der Waals surface area contributed by atoms with Gasteiger partial charge in [0, 0.05) is 22.5 Å². The van der Waals surface area contributed by atoms with E-state index in [-0.39, 0.29) is 6.54 Å². The van der Waals surface area contributed by atoms with Crippen LogP contribution in [0.5, 0.6) is 0 Å². The maximum absolute atomic E-state index is 11.8. The lowest BCUT2D eigenvalue weighted by atomic mass is 10.1. The fraction of sp³-hybridized carbons (Fsp3) is 0.435. The van der Waals surface area contributed by atoms with Gasteiger partial charge in [-0.3, -0.25) is 0 Å². The van der Waals surface area contributed by atoms with E-state index in [4.69, 9.17) is 4.74 Å². The molecule has 1 amide bonds. The van der Waals surface area contributed by atoms with E-state index in [9.17, 15) is 15.0 Å². The zero-order chi connectivity index (χ0) is 23.6. The molecule has 2 unspecified atom stereocenters. The molecule has 0 aliphatic carbocycles. The molecule has 0 aliphatic heterocycles. The first kappa shape index (κ1) is 27.6. The molecule has 0 bridgehead atoms. The molecule has 2 aromatic rings. The molecule has 2 rings (SSSR count). The Morgan fingerprint density at radius 1 is 0.968 bits per heavy atom. The van der Waals surface area contributed by atoms with Gasteiger partial charge in [-0.15, -0.1) is 0 Å². The van der Waals surface area contributed by atoms with Crippen LogP contribution in [0.15, 0.2) is 57.5 Å². The van der Waals surface area contributed by atoms with Gasteiger partial charge < -0.3 is 25.2 Å². The van der Waals surface area contributed by atoms with Crippen molar-refractivity contribution < 1.29 is 19.7 Å². The van der Waals surface area contributed by atoms with Crippen LogP contribution in [0.2, 0.25) is 0 Å². The summed E-state index contributed by atoms with van der Waals surface area (Å²) < 4.78 is 7.20. The summed E-state index contributed by atoms with van der Waals surface area (Å²) in [5.41, 5.74) is 1.17. The van der Waals surface area contributed by atoms with E-state index in [0.717, 1.165) is 20.1 Å². The highest BCUT2D eigenvalue weighted by Crippen LogP contribution is 2.19. The molecule has 0 spiro atoms. The summed E-state index contributed by atoms with van der Waals surface area (Å²) in [6.45, 7) is 6.20. The number of rotatable bonds is 6. The number of nitrogens with one attached hydrogen (secondary N) is 1. The van der Waals surface area contributed by atoms with Crippen molar-refractivity contribution in [2.24, 2.45) is 0 Å². The second-order valence-electron chi connectivity index (χ2n) is 8.05. The smallest absolute Gasteiger partial charge is 0.410 e. The number of amides is 1. The van der Waals surface area contributed by atoms with Crippen LogP contribution in [-0.4, -0.2) is 54.0 Å².